The van der Waals surface area contributed by atoms with Crippen molar-refractivity contribution in [3.63, 3.8) is 0 Å². The molecule has 15 N–H and O–H groups in total. The molecule has 39 heteroatoms. The number of carboxylic acid groups (broad SMARTS) is 1. The number of pyridine rings is 4. The second-order valence-electron chi connectivity index (χ2n) is 37.9. The van der Waals surface area contributed by atoms with Crippen molar-refractivity contribution >= 4 is 167 Å². The van der Waals surface area contributed by atoms with Crippen molar-refractivity contribution in [3.8, 4) is 42.3 Å². The van der Waals surface area contributed by atoms with Crippen LogP contribution in [0.4, 0.5) is 54.3 Å². The molecule has 142 heavy (non-hydrogen) atoms. The zero-order valence-corrected chi connectivity index (χ0v) is 89.8. The Hall–Kier alpha value is -12.0. The zero-order chi connectivity index (χ0) is 104. The molecular weight excluding hydrogens is 1940 g/mol. The Bertz CT molecular complexity index is 6350. The molecule has 766 valence electrons. The highest BCUT2D eigenvalue weighted by Gasteiger charge is 2.28. The number of fused-ring (bicyclic) bond motifs is 4. The maximum absolute atomic E-state index is 12.8. The Morgan fingerprint density at radius 2 is 0.944 bits per heavy atom. The van der Waals surface area contributed by atoms with Gasteiger partial charge in [0, 0.05) is 144 Å². The number of nitrogens with two attached hydrogens (primary N) is 3. The molecule has 2 aromatic carbocycles. The predicted molar refractivity (Wildman–Crippen MR) is 584 cm³/mol. The topological polar surface area (TPSA) is 430 Å². The number of aryl methyl sites for hydroxylation is 2. The maximum atomic E-state index is 12.8. The molecule has 3 amide bonds. The summed E-state index contributed by atoms with van der Waals surface area (Å²) in [7, 11) is -1.00. The molecule has 2 fully saturated rings. The number of benzene rings is 2. The van der Waals surface area contributed by atoms with E-state index in [9.17, 15) is 23.6 Å². The number of aliphatic carboxylic acids is 1. The number of halogens is 2. The molecule has 0 bridgehead atoms. The highest BCUT2D eigenvalue weighted by Crippen LogP contribution is 2.44. The average molecular weight is 2090 g/mol. The third-order valence-electron chi connectivity index (χ3n) is 21.5. The highest BCUT2D eigenvalue weighted by atomic mass is 79.9. The third-order valence-corrected chi connectivity index (χ3v) is 27.1. The average Bonchev–Trinajstić information content (AvgIpc) is 1.64. The number of nitrogen functional groups attached to an aromatic ring is 2. The van der Waals surface area contributed by atoms with Crippen molar-refractivity contribution in [1.29, 1.82) is 0 Å². The molecule has 14 aromatic rings. The Labute approximate surface area is 858 Å². The van der Waals surface area contributed by atoms with Crippen LogP contribution in [-0.2, 0) is 41.4 Å². The minimum absolute atomic E-state index is 0.0318. The maximum Gasteiger partial charge on any atom is 0.410 e. The Morgan fingerprint density at radius 1 is 0.528 bits per heavy atom. The van der Waals surface area contributed by atoms with Crippen LogP contribution in [0.3, 0.4) is 0 Å². The lowest BCUT2D eigenvalue weighted by atomic mass is 10.1. The van der Waals surface area contributed by atoms with Gasteiger partial charge >= 0.3 is 18.2 Å². The van der Waals surface area contributed by atoms with Gasteiger partial charge in [-0.15, -0.1) is 45.3 Å². The zero-order valence-electron chi connectivity index (χ0n) is 85.9. The molecular formula is C103H142BrFN24O9S4. The first-order valence-electron chi connectivity index (χ1n) is 48.7. The second kappa shape index (κ2) is 53.4. The molecule has 2 aliphatic heterocycles. The molecule has 16 rings (SSSR count). The van der Waals surface area contributed by atoms with Crippen LogP contribution in [0, 0.1) is 13.8 Å². The van der Waals surface area contributed by atoms with E-state index in [-0.39, 0.29) is 48.0 Å². The fourth-order valence-corrected chi connectivity index (χ4v) is 20.2. The molecule has 2 unspecified atom stereocenters. The van der Waals surface area contributed by atoms with E-state index in [2.05, 4.69) is 173 Å². The number of hydrogen-bond donors (Lipinski definition) is 12. The van der Waals surface area contributed by atoms with E-state index < -0.39 is 24.3 Å². The number of anilines is 7. The standard InChI is InChI=1S/C28H42N6O3S.C23H26N6OS.C19H23BrN4OS.C14H18N6S.C9H20N2O2.C9H10O2.CH3F/c1-8-33(26(35)37-28(5,6)7)15-14-29-19-18-23(32-27(2,3)4)31-20-17-22(38-25(19)20)21-12-13-30-34(21)24-11-9-10-16-36-24;1-3-29(22(30)12-16-6-4-5-15(2)11-16)10-9-25-18-14-21(24)27-19-13-20(31-23(18)19)17-7-8-26-28-17;1-19(2,3)23-16-10-12(20)18-13(22-16)11-15(26-18)14-7-8-21-24(14)17-6-4-5-9-25-17;1-2-16-5-6-17-10-8-13(15)19-11-7-12(21-14(10)11)9-3-4-18-20-9;1-5-11(7-6-10)8(12)13-9(2,3)4;1-7-3-2-4-8(5-7)6-9(10)11;1-2/h12-13,17-18,24H,8-11,14-16H2,1-7H3,(H2,29,31,32);4-8,11,13-14H,3,9-10,12H2,1-2H3,(H,26,28)(H3,24,25,27);7-8,10-11,17H,4-6,9H2,1-3H3,(H,22,23);3-4,7-8,16H,2,5-6H2,1H3,(H,18,20)(H3,15,17,19);5-7,10H2,1-4H3;2-5H,6H2,1H3,(H,10,11);1H3/i;;;;;;1D. The van der Waals surface area contributed by atoms with Crippen molar-refractivity contribution in [1.82, 2.24) is 79.9 Å². The highest BCUT2D eigenvalue weighted by molar-refractivity contribution is 9.10. The first-order chi connectivity index (χ1) is 68.1. The first-order valence-corrected chi connectivity index (χ1v) is 52.1. The van der Waals surface area contributed by atoms with E-state index in [1.165, 1.54) is 12.0 Å². The van der Waals surface area contributed by atoms with Gasteiger partial charge in [-0.3, -0.25) is 24.2 Å². The lowest BCUT2D eigenvalue weighted by Crippen LogP contribution is -2.39. The SMILES string of the molecule is CC(C)(C)Nc1cc(Br)c2sc(-c3ccnn3C3CCCCO3)cc2n1.CCN(CCN)C(=O)OC(C)(C)C.CCN(CCNc1cc(N)nc2cc(-c3ccn[nH]3)sc12)C(=O)Cc1cccc(C)c1.CCN(CCNc1cc(NC(C)(C)C)nc2cc(-c3ccnn3C3CCCCO3)sc12)C(=O)OC(C)(C)C.CCNCCNc1cc(N)nc2cc(-c3ccn[nH]3)sc12.Cc1cccc(CC(=O)O)c1.[2H]CF. The normalized spacial score (nSPS) is 13.7. The van der Waals surface area contributed by atoms with Gasteiger partial charge in [0.1, 0.15) is 34.5 Å². The summed E-state index contributed by atoms with van der Waals surface area (Å²) in [4.78, 5) is 75.3. The second-order valence-corrected chi connectivity index (χ2v) is 43.0. The Morgan fingerprint density at radius 3 is 1.36 bits per heavy atom. The summed E-state index contributed by atoms with van der Waals surface area (Å²) in [5.41, 5.74) is 31.0. The van der Waals surface area contributed by atoms with Gasteiger partial charge in [0.15, 0.2) is 12.5 Å². The van der Waals surface area contributed by atoms with E-state index in [1.807, 2.05) is 188 Å². The number of nitrogens with one attached hydrogen (secondary N) is 8. The largest absolute Gasteiger partial charge is 0.481 e. The number of aromatic nitrogens is 12. The number of hydrogen-bond acceptors (Lipinski definition) is 29. The summed E-state index contributed by atoms with van der Waals surface area (Å²) in [5.74, 6) is 2.03. The number of H-pyrrole nitrogens is 2. The molecule has 0 spiro atoms. The van der Waals surface area contributed by atoms with Crippen LogP contribution in [0.15, 0.2) is 151 Å². The number of likely N-dealkylation sites (N-methyl/N-ethyl adjacent to an activating group) is 4. The summed E-state index contributed by atoms with van der Waals surface area (Å²) in [6.07, 6.45) is 13.7. The molecule has 0 radical (unpaired) electrons. The fourth-order valence-electron chi connectivity index (χ4n) is 15.2. The third kappa shape index (κ3) is 34.4. The first kappa shape index (κ1) is 110. The molecule has 2 atom stereocenters. The number of aromatic amines is 2. The molecule has 0 saturated carbocycles. The molecule has 12 aromatic heterocycles. The quantitative estimate of drug-likeness (QED) is 0.0186. The van der Waals surface area contributed by atoms with Gasteiger partial charge < -0.3 is 87.9 Å². The van der Waals surface area contributed by atoms with Crippen molar-refractivity contribution < 1.29 is 49.0 Å². The van der Waals surface area contributed by atoms with Gasteiger partial charge in [0.25, 0.3) is 0 Å². The van der Waals surface area contributed by atoms with E-state index in [0.717, 1.165) is 198 Å². The van der Waals surface area contributed by atoms with Crippen LogP contribution in [0.5, 0.6) is 0 Å². The summed E-state index contributed by atoms with van der Waals surface area (Å²) in [6.45, 7) is 45.5. The van der Waals surface area contributed by atoms with Crippen molar-refractivity contribution in [2.75, 3.05) is 137 Å². The Balaban J connectivity index is 0.000000182. The van der Waals surface area contributed by atoms with Crippen molar-refractivity contribution in [3.05, 3.63) is 173 Å². The molecule has 14 heterocycles. The fraction of sp³-hybridized carbons (Fsp3) is 0.456. The van der Waals surface area contributed by atoms with Crippen LogP contribution >= 0.6 is 61.3 Å². The number of carbonyl (C=O) groups excluding carboxylic acids is 3. The van der Waals surface area contributed by atoms with E-state index in [0.29, 0.717) is 77.0 Å². The smallest absolute Gasteiger partial charge is 0.410 e. The summed E-state index contributed by atoms with van der Waals surface area (Å²) < 4.78 is 47.6. The van der Waals surface area contributed by atoms with Crippen LogP contribution in [-0.4, -0.2) is 225 Å². The molecule has 2 saturated heterocycles. The number of rotatable bonds is 30. The van der Waals surface area contributed by atoms with Crippen molar-refractivity contribution in [2.24, 2.45) is 5.73 Å². The van der Waals surface area contributed by atoms with Gasteiger partial charge in [0.2, 0.25) is 5.91 Å². The summed E-state index contributed by atoms with van der Waals surface area (Å²) in [5, 5.41) is 52.2. The number of nitrogens with zero attached hydrogens (tertiary/aromatic N) is 13. The van der Waals surface area contributed by atoms with Gasteiger partial charge in [-0.25, -0.2) is 38.9 Å². The lowest BCUT2D eigenvalue weighted by molar-refractivity contribution is -0.136. The summed E-state index contributed by atoms with van der Waals surface area (Å²) >= 11 is 10.4. The monoisotopic (exact) mass is 2090 g/mol. The van der Waals surface area contributed by atoms with E-state index in [4.69, 9.17) is 52.6 Å². The molecule has 33 nitrogen and oxygen atoms in total. The van der Waals surface area contributed by atoms with Crippen molar-refractivity contribution in [2.45, 2.75) is 211 Å². The molecule has 2 aliphatic rings. The van der Waals surface area contributed by atoms with E-state index in [1.54, 1.807) is 67.5 Å². The summed E-state index contributed by atoms with van der Waals surface area (Å²) in [6, 6.07) is 39.8. The van der Waals surface area contributed by atoms with Crippen LogP contribution in [0.1, 0.15) is 185 Å². The number of ether oxygens (including phenoxy) is 4. The molecule has 0 aliphatic carbocycles. The number of thiophene rings is 4. The van der Waals surface area contributed by atoms with Crippen LogP contribution in [0.2, 0.25) is 0 Å². The minimum atomic E-state index is -1.00. The minimum Gasteiger partial charge on any atom is -0.481 e. The number of alkyl halides is 1. The van der Waals surface area contributed by atoms with Gasteiger partial charge in [-0.05, 0) is 244 Å². The van der Waals surface area contributed by atoms with Gasteiger partial charge in [0.05, 0.1) is 122 Å². The number of carboxylic acids is 1. The number of amides is 3. The Kier molecular flexibility index (Phi) is 41.5. The number of carbonyl (C=O) groups is 4. The lowest BCUT2D eigenvalue weighted by Gasteiger charge is -2.27. The predicted octanol–water partition coefficient (Wildman–Crippen LogP) is 22.4. The van der Waals surface area contributed by atoms with Gasteiger partial charge in [-0.1, -0.05) is 66.6 Å². The van der Waals surface area contributed by atoms with Crippen LogP contribution in [0.25, 0.3) is 83.2 Å². The van der Waals surface area contributed by atoms with Crippen LogP contribution < -0.4 is 49.1 Å². The van der Waals surface area contributed by atoms with E-state index >= 15 is 0 Å². The van der Waals surface area contributed by atoms with Gasteiger partial charge in [-0.2, -0.15) is 20.4 Å².